The number of rotatable bonds is 6. The molecule has 0 aliphatic carbocycles. The van der Waals surface area contributed by atoms with Crippen molar-refractivity contribution in [1.82, 2.24) is 4.90 Å². The molecule has 1 heterocycles. The zero-order valence-corrected chi connectivity index (χ0v) is 17.1. The third-order valence-electron chi connectivity index (χ3n) is 4.29. The van der Waals surface area contributed by atoms with E-state index in [1.54, 1.807) is 0 Å². The molecule has 3 rings (SSSR count). The Morgan fingerprint density at radius 2 is 1.72 bits per heavy atom. The van der Waals surface area contributed by atoms with Gasteiger partial charge in [0.15, 0.2) is 0 Å². The van der Waals surface area contributed by atoms with Crippen LogP contribution in [0.15, 0.2) is 57.5 Å². The van der Waals surface area contributed by atoms with Gasteiger partial charge in [0.25, 0.3) is 0 Å². The van der Waals surface area contributed by atoms with E-state index < -0.39 is 6.10 Å². The van der Waals surface area contributed by atoms with Gasteiger partial charge in [-0.3, -0.25) is 4.90 Å². The molecule has 0 spiro atoms. The first kappa shape index (κ1) is 18.7. The van der Waals surface area contributed by atoms with Crippen molar-refractivity contribution >= 4 is 37.5 Å². The minimum absolute atomic E-state index is 0.291. The van der Waals surface area contributed by atoms with Gasteiger partial charge in [0, 0.05) is 42.9 Å². The second-order valence-corrected chi connectivity index (χ2v) is 7.93. The Labute approximate surface area is 165 Å². The van der Waals surface area contributed by atoms with E-state index >= 15 is 0 Å². The molecule has 1 aliphatic rings. The van der Waals surface area contributed by atoms with Gasteiger partial charge in [-0.25, -0.2) is 0 Å². The van der Waals surface area contributed by atoms with Crippen LogP contribution >= 0.6 is 31.9 Å². The summed E-state index contributed by atoms with van der Waals surface area (Å²) in [4.78, 5) is 4.68. The van der Waals surface area contributed by atoms with E-state index in [9.17, 15) is 5.11 Å². The molecule has 2 aromatic rings. The summed E-state index contributed by atoms with van der Waals surface area (Å²) >= 11 is 6.89. The summed E-state index contributed by atoms with van der Waals surface area (Å²) in [5.41, 5.74) is 1.27. The molecule has 0 aromatic heterocycles. The Kier molecular flexibility index (Phi) is 6.76. The van der Waals surface area contributed by atoms with Crippen molar-refractivity contribution in [2.24, 2.45) is 0 Å². The maximum atomic E-state index is 10.3. The van der Waals surface area contributed by atoms with Crippen LogP contribution in [0.1, 0.15) is 0 Å². The Balaban J connectivity index is 1.42. The van der Waals surface area contributed by atoms with Crippen LogP contribution in [0.5, 0.6) is 5.75 Å². The molecule has 1 fully saturated rings. The number of aliphatic hydroxyl groups is 1. The number of anilines is 1. The van der Waals surface area contributed by atoms with Gasteiger partial charge in [-0.1, -0.05) is 34.1 Å². The zero-order valence-electron chi connectivity index (χ0n) is 13.9. The Morgan fingerprint density at radius 3 is 2.40 bits per heavy atom. The summed E-state index contributed by atoms with van der Waals surface area (Å²) in [7, 11) is 0. The number of aliphatic hydroxyl groups excluding tert-OH is 1. The second kappa shape index (κ2) is 9.03. The van der Waals surface area contributed by atoms with Gasteiger partial charge >= 0.3 is 0 Å². The highest BCUT2D eigenvalue weighted by Crippen LogP contribution is 2.28. The molecule has 6 heteroatoms. The fourth-order valence-corrected chi connectivity index (χ4v) is 4.12. The van der Waals surface area contributed by atoms with E-state index in [-0.39, 0.29) is 0 Å². The van der Waals surface area contributed by atoms with Crippen LogP contribution < -0.4 is 9.64 Å². The number of piperazine rings is 1. The van der Waals surface area contributed by atoms with Gasteiger partial charge in [0.2, 0.25) is 0 Å². The van der Waals surface area contributed by atoms with Crippen LogP contribution in [0.4, 0.5) is 5.69 Å². The molecular weight excluding hydrogens is 448 g/mol. The fourth-order valence-electron chi connectivity index (χ4n) is 2.96. The zero-order chi connectivity index (χ0) is 17.6. The highest BCUT2D eigenvalue weighted by Gasteiger charge is 2.19. The number of hydrogen-bond donors (Lipinski definition) is 1. The molecular formula is C19H22Br2N2O2. The first-order valence-corrected chi connectivity index (χ1v) is 9.98. The minimum Gasteiger partial charge on any atom is -0.490 e. The van der Waals surface area contributed by atoms with Crippen LogP contribution in [0.3, 0.4) is 0 Å². The summed E-state index contributed by atoms with van der Waals surface area (Å²) in [6.07, 6.45) is -0.501. The maximum Gasteiger partial charge on any atom is 0.133 e. The normalized spacial score (nSPS) is 16.7. The van der Waals surface area contributed by atoms with Crippen molar-refractivity contribution in [3.63, 3.8) is 0 Å². The van der Waals surface area contributed by atoms with Crippen LogP contribution in [0.2, 0.25) is 0 Å². The SMILES string of the molecule is O[C@H](COc1ccc(Br)cc1Br)CN1CCN(c2ccccc2)CC1. The highest BCUT2D eigenvalue weighted by molar-refractivity contribution is 9.11. The van der Waals surface area contributed by atoms with Crippen LogP contribution in [-0.2, 0) is 0 Å². The average Bonchev–Trinajstić information content (AvgIpc) is 2.62. The molecule has 25 heavy (non-hydrogen) atoms. The number of halogens is 2. The fraction of sp³-hybridized carbons (Fsp3) is 0.368. The van der Waals surface area contributed by atoms with Crippen molar-refractivity contribution in [1.29, 1.82) is 0 Å². The highest BCUT2D eigenvalue weighted by atomic mass is 79.9. The van der Waals surface area contributed by atoms with E-state index in [4.69, 9.17) is 4.74 Å². The summed E-state index contributed by atoms with van der Waals surface area (Å²) in [6.45, 7) is 4.80. The van der Waals surface area contributed by atoms with Gasteiger partial charge in [-0.05, 0) is 46.3 Å². The lowest BCUT2D eigenvalue weighted by Crippen LogP contribution is -2.49. The molecule has 2 aromatic carbocycles. The molecule has 1 saturated heterocycles. The van der Waals surface area contributed by atoms with E-state index in [1.165, 1.54) is 5.69 Å². The molecule has 0 amide bonds. The first-order chi connectivity index (χ1) is 12.1. The minimum atomic E-state index is -0.501. The van der Waals surface area contributed by atoms with Gasteiger partial charge in [-0.15, -0.1) is 0 Å². The van der Waals surface area contributed by atoms with Gasteiger partial charge in [0.1, 0.15) is 18.5 Å². The van der Waals surface area contributed by atoms with Crippen molar-refractivity contribution < 1.29 is 9.84 Å². The third-order valence-corrected chi connectivity index (χ3v) is 5.40. The van der Waals surface area contributed by atoms with E-state index in [1.807, 2.05) is 24.3 Å². The van der Waals surface area contributed by atoms with Crippen molar-refractivity contribution in [3.8, 4) is 5.75 Å². The van der Waals surface area contributed by atoms with Crippen molar-refractivity contribution in [3.05, 3.63) is 57.5 Å². The summed E-state index contributed by atoms with van der Waals surface area (Å²) in [5.74, 6) is 0.746. The predicted octanol–water partition coefficient (Wildman–Crippen LogP) is 3.77. The molecule has 1 atom stereocenters. The second-order valence-electron chi connectivity index (χ2n) is 6.16. The number of benzene rings is 2. The maximum absolute atomic E-state index is 10.3. The molecule has 1 N–H and O–H groups in total. The molecule has 0 bridgehead atoms. The first-order valence-electron chi connectivity index (χ1n) is 8.40. The molecule has 4 nitrogen and oxygen atoms in total. The largest absolute Gasteiger partial charge is 0.490 e. The lowest BCUT2D eigenvalue weighted by Gasteiger charge is -2.36. The average molecular weight is 470 g/mol. The number of hydrogen-bond acceptors (Lipinski definition) is 4. The number of para-hydroxylation sites is 1. The van der Waals surface area contributed by atoms with Crippen LogP contribution in [0, 0.1) is 0 Å². The van der Waals surface area contributed by atoms with Crippen LogP contribution in [0.25, 0.3) is 0 Å². The molecule has 134 valence electrons. The topological polar surface area (TPSA) is 35.9 Å². The number of nitrogens with zero attached hydrogens (tertiary/aromatic N) is 2. The van der Waals surface area contributed by atoms with Crippen LogP contribution in [-0.4, -0.2) is 55.4 Å². The molecule has 1 aliphatic heterocycles. The third kappa shape index (κ3) is 5.45. The quantitative estimate of drug-likeness (QED) is 0.698. The molecule has 0 saturated carbocycles. The Hall–Kier alpha value is -1.08. The summed E-state index contributed by atoms with van der Waals surface area (Å²) in [5, 5.41) is 10.3. The lowest BCUT2D eigenvalue weighted by molar-refractivity contribution is 0.0660. The summed E-state index contributed by atoms with van der Waals surface area (Å²) < 4.78 is 7.60. The van der Waals surface area contributed by atoms with Gasteiger partial charge < -0.3 is 14.7 Å². The smallest absolute Gasteiger partial charge is 0.133 e. The molecule has 0 radical (unpaired) electrons. The number of ether oxygens (including phenoxy) is 1. The monoisotopic (exact) mass is 468 g/mol. The van der Waals surface area contributed by atoms with Gasteiger partial charge in [0.05, 0.1) is 4.47 Å². The Morgan fingerprint density at radius 1 is 1.00 bits per heavy atom. The summed E-state index contributed by atoms with van der Waals surface area (Å²) in [6, 6.07) is 16.2. The van der Waals surface area contributed by atoms with Crippen molar-refractivity contribution in [2.75, 3.05) is 44.2 Å². The van der Waals surface area contributed by atoms with E-state index in [2.05, 4.69) is 65.9 Å². The standard InChI is InChI=1S/C19H22Br2N2O2/c20-15-6-7-19(18(21)12-15)25-14-17(24)13-22-8-10-23(11-9-22)16-4-2-1-3-5-16/h1-7,12,17,24H,8-11,13-14H2/t17-/m0/s1. The molecule has 0 unspecified atom stereocenters. The lowest BCUT2D eigenvalue weighted by atomic mass is 10.2. The number of β-amino-alcohol motifs (C(OH)–C–C–N with tert-alkyl or cyclic N) is 1. The Bertz CT molecular complexity index is 676. The van der Waals surface area contributed by atoms with E-state index in [0.717, 1.165) is 40.9 Å². The van der Waals surface area contributed by atoms with Gasteiger partial charge in [-0.2, -0.15) is 0 Å². The van der Waals surface area contributed by atoms with E-state index in [0.29, 0.717) is 13.2 Å². The van der Waals surface area contributed by atoms with Crippen molar-refractivity contribution in [2.45, 2.75) is 6.10 Å². The predicted molar refractivity (Wildman–Crippen MR) is 108 cm³/mol.